The van der Waals surface area contributed by atoms with Crippen LogP contribution in [0, 0.1) is 0 Å². The second kappa shape index (κ2) is 8.44. The highest BCUT2D eigenvalue weighted by Crippen LogP contribution is 2.14. The predicted molar refractivity (Wildman–Crippen MR) is 107 cm³/mol. The van der Waals surface area contributed by atoms with Gasteiger partial charge in [0.05, 0.1) is 12.9 Å². The van der Waals surface area contributed by atoms with Gasteiger partial charge >= 0.3 is 5.69 Å². The molecule has 154 valence electrons. The summed E-state index contributed by atoms with van der Waals surface area (Å²) in [7, 11) is 2.95. The molecule has 2 heterocycles. The van der Waals surface area contributed by atoms with Gasteiger partial charge in [-0.25, -0.2) is 9.78 Å². The average Bonchev–Trinajstić information content (AvgIpc) is 3.12. The number of hydrogen-bond donors (Lipinski definition) is 1. The van der Waals surface area contributed by atoms with E-state index in [9.17, 15) is 19.5 Å². The van der Waals surface area contributed by atoms with Crippen molar-refractivity contribution < 1.29 is 14.6 Å². The van der Waals surface area contributed by atoms with Crippen LogP contribution in [0.1, 0.15) is 18.9 Å². The molecule has 9 nitrogen and oxygen atoms in total. The zero-order valence-electron chi connectivity index (χ0n) is 16.7. The Morgan fingerprint density at radius 3 is 2.52 bits per heavy atom. The summed E-state index contributed by atoms with van der Waals surface area (Å²) >= 11 is 0. The predicted octanol–water partition coefficient (Wildman–Crippen LogP) is 0.395. The Labute approximate surface area is 166 Å². The van der Waals surface area contributed by atoms with Crippen LogP contribution in [0.15, 0.2) is 40.2 Å². The summed E-state index contributed by atoms with van der Waals surface area (Å²) in [5.41, 5.74) is 0.647. The molecule has 0 saturated heterocycles. The van der Waals surface area contributed by atoms with E-state index in [1.165, 1.54) is 22.5 Å². The van der Waals surface area contributed by atoms with Gasteiger partial charge < -0.3 is 19.2 Å². The third kappa shape index (κ3) is 4.45. The number of ketones is 1. The minimum absolute atomic E-state index is 0.0263. The maximum atomic E-state index is 12.4. The highest BCUT2D eigenvalue weighted by atomic mass is 16.5. The van der Waals surface area contributed by atoms with E-state index >= 15 is 0 Å². The first kappa shape index (κ1) is 20.5. The minimum atomic E-state index is -0.883. The van der Waals surface area contributed by atoms with Crippen LogP contribution in [-0.4, -0.2) is 42.3 Å². The fraction of sp³-hybridized carbons (Fsp3) is 0.400. The van der Waals surface area contributed by atoms with E-state index in [1.54, 1.807) is 26.1 Å². The van der Waals surface area contributed by atoms with Gasteiger partial charge in [-0.2, -0.15) is 0 Å². The number of nitrogens with zero attached hydrogens (tertiary/aromatic N) is 4. The van der Waals surface area contributed by atoms with Gasteiger partial charge in [0.1, 0.15) is 24.2 Å². The smallest absolute Gasteiger partial charge is 0.332 e. The Kier molecular flexibility index (Phi) is 5.97. The largest absolute Gasteiger partial charge is 0.491 e. The average molecular weight is 400 g/mol. The van der Waals surface area contributed by atoms with E-state index in [4.69, 9.17) is 4.74 Å². The van der Waals surface area contributed by atoms with Gasteiger partial charge in [-0.1, -0.05) is 12.1 Å². The van der Waals surface area contributed by atoms with Crippen molar-refractivity contribution in [2.24, 2.45) is 14.1 Å². The third-order valence-corrected chi connectivity index (χ3v) is 4.76. The van der Waals surface area contributed by atoms with E-state index in [2.05, 4.69) is 4.98 Å². The lowest BCUT2D eigenvalue weighted by Crippen LogP contribution is -2.38. The Hall–Kier alpha value is -3.20. The maximum absolute atomic E-state index is 12.4. The highest BCUT2D eigenvalue weighted by molar-refractivity contribution is 5.75. The zero-order valence-corrected chi connectivity index (χ0v) is 16.7. The van der Waals surface area contributed by atoms with E-state index in [-0.39, 0.29) is 30.1 Å². The normalized spacial score (nSPS) is 12.3. The van der Waals surface area contributed by atoms with E-state index in [1.807, 2.05) is 12.1 Å². The second-order valence-corrected chi connectivity index (χ2v) is 7.09. The number of aliphatic hydroxyl groups is 1. The molecule has 1 atom stereocenters. The fourth-order valence-corrected chi connectivity index (χ4v) is 3.08. The molecule has 9 heteroatoms. The first-order valence-corrected chi connectivity index (χ1v) is 9.28. The molecule has 2 aromatic heterocycles. The van der Waals surface area contributed by atoms with Crippen LogP contribution in [0.4, 0.5) is 0 Å². The van der Waals surface area contributed by atoms with E-state index in [0.717, 1.165) is 10.1 Å². The number of hydrogen-bond acceptors (Lipinski definition) is 6. The molecule has 0 spiro atoms. The van der Waals surface area contributed by atoms with Crippen LogP contribution in [0.2, 0.25) is 0 Å². The molecule has 3 aromatic rings. The summed E-state index contributed by atoms with van der Waals surface area (Å²) in [5.74, 6) is 0.750. The van der Waals surface area contributed by atoms with Crippen molar-refractivity contribution in [2.75, 3.05) is 6.61 Å². The summed E-state index contributed by atoms with van der Waals surface area (Å²) in [4.78, 5) is 39.6. The molecule has 1 N–H and O–H groups in total. The third-order valence-electron chi connectivity index (χ3n) is 4.76. The Morgan fingerprint density at radius 2 is 1.86 bits per heavy atom. The monoisotopic (exact) mass is 400 g/mol. The molecule has 0 aliphatic heterocycles. The second-order valence-electron chi connectivity index (χ2n) is 7.09. The Morgan fingerprint density at radius 1 is 1.17 bits per heavy atom. The van der Waals surface area contributed by atoms with Gasteiger partial charge in [0, 0.05) is 20.5 Å². The van der Waals surface area contributed by atoms with Crippen LogP contribution in [0.25, 0.3) is 11.2 Å². The van der Waals surface area contributed by atoms with Crippen molar-refractivity contribution in [1.82, 2.24) is 18.7 Å². The summed E-state index contributed by atoms with van der Waals surface area (Å²) in [6, 6.07) is 7.36. The Bertz CT molecular complexity index is 1140. The quantitative estimate of drug-likeness (QED) is 0.586. The van der Waals surface area contributed by atoms with Crippen LogP contribution in [0.5, 0.6) is 5.75 Å². The molecule has 1 aromatic carbocycles. The summed E-state index contributed by atoms with van der Waals surface area (Å²) < 4.78 is 9.45. The number of imidazole rings is 1. The lowest BCUT2D eigenvalue weighted by molar-refractivity contribution is -0.116. The van der Waals surface area contributed by atoms with Gasteiger partial charge in [-0.15, -0.1) is 0 Å². The van der Waals surface area contributed by atoms with Crippen LogP contribution < -0.4 is 16.0 Å². The van der Waals surface area contributed by atoms with Crippen molar-refractivity contribution in [3.8, 4) is 5.75 Å². The standard InChI is InChI=1S/C20H24N4O5/c1-13(25)4-5-14-6-8-16(9-7-14)29-11-15(26)10-24-12-21-18-17(24)19(27)23(3)20(28)22(18)2/h6-9,12,15,26H,4-5,10-11H2,1-3H3/t15-/m1/s1. The molecule has 0 amide bonds. The number of aliphatic hydroxyl groups excluding tert-OH is 1. The number of ether oxygens (including phenoxy) is 1. The number of Topliss-reactive ketones (excluding diaryl/α,β-unsaturated/α-hetero) is 1. The molecule has 0 bridgehead atoms. The molecule has 29 heavy (non-hydrogen) atoms. The Balaban J connectivity index is 1.66. The van der Waals surface area contributed by atoms with E-state index in [0.29, 0.717) is 18.6 Å². The van der Waals surface area contributed by atoms with E-state index < -0.39 is 17.4 Å². The van der Waals surface area contributed by atoms with Crippen molar-refractivity contribution >= 4 is 16.9 Å². The van der Waals surface area contributed by atoms with Crippen molar-refractivity contribution in [3.05, 3.63) is 57.0 Å². The molecule has 3 rings (SSSR count). The number of carbonyl (C=O) groups excluding carboxylic acids is 1. The molecule has 0 aliphatic carbocycles. The maximum Gasteiger partial charge on any atom is 0.332 e. The van der Waals surface area contributed by atoms with Gasteiger partial charge in [-0.05, 0) is 31.0 Å². The van der Waals surface area contributed by atoms with Crippen LogP contribution >= 0.6 is 0 Å². The van der Waals surface area contributed by atoms with Gasteiger partial charge in [0.15, 0.2) is 11.2 Å². The lowest BCUT2D eigenvalue weighted by atomic mass is 10.1. The number of fused-ring (bicyclic) bond motifs is 1. The molecule has 0 saturated carbocycles. The van der Waals surface area contributed by atoms with Gasteiger partial charge in [0.25, 0.3) is 5.56 Å². The first-order chi connectivity index (χ1) is 13.8. The fourth-order valence-electron chi connectivity index (χ4n) is 3.08. The summed E-state index contributed by atoms with van der Waals surface area (Å²) in [6.07, 6.45) is 1.73. The number of aromatic nitrogens is 4. The van der Waals surface area contributed by atoms with Crippen LogP contribution in [-0.2, 0) is 31.9 Å². The number of rotatable bonds is 8. The van der Waals surface area contributed by atoms with Gasteiger partial charge in [-0.3, -0.25) is 13.9 Å². The van der Waals surface area contributed by atoms with Crippen LogP contribution in [0.3, 0.4) is 0 Å². The first-order valence-electron chi connectivity index (χ1n) is 9.28. The topological polar surface area (TPSA) is 108 Å². The number of aryl methyl sites for hydroxylation is 2. The molecule has 0 aliphatic rings. The summed E-state index contributed by atoms with van der Waals surface area (Å²) in [5, 5.41) is 10.3. The molecule has 0 unspecified atom stereocenters. The number of carbonyl (C=O) groups is 1. The molecule has 0 radical (unpaired) electrons. The van der Waals surface area contributed by atoms with Crippen molar-refractivity contribution in [2.45, 2.75) is 32.4 Å². The van der Waals surface area contributed by atoms with Crippen molar-refractivity contribution in [3.63, 3.8) is 0 Å². The molecular weight excluding hydrogens is 376 g/mol. The molecular formula is C20H24N4O5. The lowest BCUT2D eigenvalue weighted by Gasteiger charge is -2.14. The minimum Gasteiger partial charge on any atom is -0.491 e. The molecule has 0 fully saturated rings. The number of benzene rings is 1. The van der Waals surface area contributed by atoms with Gasteiger partial charge in [0.2, 0.25) is 0 Å². The highest BCUT2D eigenvalue weighted by Gasteiger charge is 2.16. The summed E-state index contributed by atoms with van der Waals surface area (Å²) in [6.45, 7) is 1.69. The SMILES string of the molecule is CC(=O)CCc1ccc(OC[C@H](O)Cn2cnc3c2c(=O)n(C)c(=O)n3C)cc1. The van der Waals surface area contributed by atoms with Crippen molar-refractivity contribution in [1.29, 1.82) is 0 Å². The zero-order chi connectivity index (χ0) is 21.1.